The minimum Gasteiger partial charge on any atom is -0.356 e. The Bertz CT molecular complexity index is 608. The number of guanidine groups is 1. The summed E-state index contributed by atoms with van der Waals surface area (Å²) in [6, 6.07) is 2.18. The highest BCUT2D eigenvalue weighted by Gasteiger charge is 2.08. The van der Waals surface area contributed by atoms with Gasteiger partial charge in [-0.2, -0.15) is 11.3 Å². The number of nitrogens with zero attached hydrogens (tertiary/aromatic N) is 2. The van der Waals surface area contributed by atoms with Crippen molar-refractivity contribution in [3.8, 4) is 0 Å². The molecular formula is C16H25IN4S2. The quantitative estimate of drug-likeness (QED) is 0.387. The van der Waals surface area contributed by atoms with Crippen molar-refractivity contribution in [3.63, 3.8) is 0 Å². The number of thiazole rings is 1. The van der Waals surface area contributed by atoms with Crippen molar-refractivity contribution in [1.29, 1.82) is 0 Å². The van der Waals surface area contributed by atoms with E-state index in [-0.39, 0.29) is 24.0 Å². The third kappa shape index (κ3) is 6.39. The Morgan fingerprint density at radius 2 is 2.13 bits per heavy atom. The van der Waals surface area contributed by atoms with Gasteiger partial charge >= 0.3 is 0 Å². The van der Waals surface area contributed by atoms with Crippen LogP contribution in [-0.2, 0) is 6.42 Å². The molecule has 4 nitrogen and oxygen atoms in total. The molecule has 0 spiro atoms. The van der Waals surface area contributed by atoms with E-state index in [4.69, 9.17) is 0 Å². The number of halogens is 1. The highest BCUT2D eigenvalue weighted by Crippen LogP contribution is 2.18. The molecule has 0 aliphatic heterocycles. The smallest absolute Gasteiger partial charge is 0.191 e. The van der Waals surface area contributed by atoms with Gasteiger partial charge in [0.2, 0.25) is 0 Å². The summed E-state index contributed by atoms with van der Waals surface area (Å²) in [5.41, 5.74) is 2.53. The van der Waals surface area contributed by atoms with Crippen LogP contribution in [-0.4, -0.2) is 31.1 Å². The normalized spacial score (nSPS) is 12.6. The van der Waals surface area contributed by atoms with Gasteiger partial charge in [-0.05, 0) is 42.2 Å². The fourth-order valence-electron chi connectivity index (χ4n) is 2.24. The van der Waals surface area contributed by atoms with E-state index < -0.39 is 0 Å². The first-order valence-corrected chi connectivity index (χ1v) is 9.25. The van der Waals surface area contributed by atoms with Gasteiger partial charge in [-0.1, -0.05) is 6.92 Å². The predicted octanol–water partition coefficient (Wildman–Crippen LogP) is 3.95. The van der Waals surface area contributed by atoms with Gasteiger partial charge in [-0.25, -0.2) is 4.98 Å². The summed E-state index contributed by atoms with van der Waals surface area (Å²) < 4.78 is 0. The second kappa shape index (κ2) is 10.2. The lowest BCUT2D eigenvalue weighted by Gasteiger charge is -2.15. The number of rotatable bonds is 6. The summed E-state index contributed by atoms with van der Waals surface area (Å²) >= 11 is 3.52. The molecule has 0 bridgehead atoms. The molecule has 0 saturated carbocycles. The Morgan fingerprint density at radius 1 is 1.35 bits per heavy atom. The van der Waals surface area contributed by atoms with Crippen LogP contribution in [0.15, 0.2) is 21.8 Å². The van der Waals surface area contributed by atoms with Crippen molar-refractivity contribution >= 4 is 52.6 Å². The predicted molar refractivity (Wildman–Crippen MR) is 113 cm³/mol. The maximum Gasteiger partial charge on any atom is 0.191 e. The maximum atomic E-state index is 4.46. The molecule has 128 valence electrons. The van der Waals surface area contributed by atoms with Crippen LogP contribution in [0.4, 0.5) is 0 Å². The molecule has 2 N–H and O–H groups in total. The molecule has 2 aromatic heterocycles. The topological polar surface area (TPSA) is 49.3 Å². The van der Waals surface area contributed by atoms with Crippen LogP contribution in [0.3, 0.4) is 0 Å². The number of aromatic nitrogens is 1. The van der Waals surface area contributed by atoms with Gasteiger partial charge in [-0.3, -0.25) is 4.99 Å². The number of thiophene rings is 1. The highest BCUT2D eigenvalue weighted by atomic mass is 127. The number of nitrogens with one attached hydrogen (secondary N) is 2. The zero-order valence-electron chi connectivity index (χ0n) is 14.0. The van der Waals surface area contributed by atoms with Gasteiger partial charge in [0.1, 0.15) is 0 Å². The number of aliphatic imine (C=N–C) groups is 1. The maximum absolute atomic E-state index is 4.46. The lowest BCUT2D eigenvalue weighted by Crippen LogP contribution is -2.39. The molecule has 1 unspecified atom stereocenters. The monoisotopic (exact) mass is 464 g/mol. The minimum absolute atomic E-state index is 0. The number of hydrogen-bond donors (Lipinski definition) is 2. The zero-order valence-corrected chi connectivity index (χ0v) is 18.0. The second-order valence-corrected chi connectivity index (χ2v) is 7.40. The lowest BCUT2D eigenvalue weighted by atomic mass is 10.1. The van der Waals surface area contributed by atoms with E-state index in [1.165, 1.54) is 10.4 Å². The average Bonchev–Trinajstić information content (AvgIpc) is 3.12. The molecule has 0 amide bonds. The summed E-state index contributed by atoms with van der Waals surface area (Å²) in [7, 11) is 1.81. The van der Waals surface area contributed by atoms with Crippen LogP contribution in [0.25, 0.3) is 0 Å². The molecule has 0 aliphatic rings. The second-order valence-electron chi connectivity index (χ2n) is 5.33. The lowest BCUT2D eigenvalue weighted by molar-refractivity contribution is 0.700. The van der Waals surface area contributed by atoms with Crippen molar-refractivity contribution in [2.75, 3.05) is 20.1 Å². The third-order valence-electron chi connectivity index (χ3n) is 3.56. The molecule has 2 aromatic rings. The standard InChI is InChI=1S/C16H24N4S2.HI/c1-11(14-6-8-21-10-14)9-19-16(17-4)18-7-5-15-12(2)20-13(3)22-15;/h6,8,10-11H,5,7,9H2,1-4H3,(H2,17,18,19);1H. The fourth-order valence-corrected chi connectivity index (χ4v) is 3.96. The third-order valence-corrected chi connectivity index (χ3v) is 5.39. The molecule has 2 rings (SSSR count). The Balaban J connectivity index is 0.00000264. The van der Waals surface area contributed by atoms with Crippen molar-refractivity contribution in [2.45, 2.75) is 33.1 Å². The van der Waals surface area contributed by atoms with E-state index in [2.05, 4.69) is 58.2 Å². The first-order valence-electron chi connectivity index (χ1n) is 7.49. The van der Waals surface area contributed by atoms with Crippen LogP contribution in [0.2, 0.25) is 0 Å². The first-order chi connectivity index (χ1) is 10.6. The summed E-state index contributed by atoms with van der Waals surface area (Å²) in [6.07, 6.45) is 0.984. The summed E-state index contributed by atoms with van der Waals surface area (Å²) in [6.45, 7) is 8.12. The van der Waals surface area contributed by atoms with Gasteiger partial charge < -0.3 is 10.6 Å². The number of aryl methyl sites for hydroxylation is 2. The summed E-state index contributed by atoms with van der Waals surface area (Å²) in [5.74, 6) is 1.34. The van der Waals surface area contributed by atoms with E-state index in [0.717, 1.165) is 36.2 Å². The summed E-state index contributed by atoms with van der Waals surface area (Å²) in [5, 5.41) is 12.2. The first kappa shape index (κ1) is 20.4. The Labute approximate surface area is 163 Å². The molecule has 23 heavy (non-hydrogen) atoms. The summed E-state index contributed by atoms with van der Waals surface area (Å²) in [4.78, 5) is 10.1. The van der Waals surface area contributed by atoms with Crippen LogP contribution in [0.5, 0.6) is 0 Å². The average molecular weight is 464 g/mol. The number of hydrogen-bond acceptors (Lipinski definition) is 4. The van der Waals surface area contributed by atoms with Crippen LogP contribution in [0, 0.1) is 13.8 Å². The molecule has 7 heteroatoms. The van der Waals surface area contributed by atoms with Gasteiger partial charge in [0.05, 0.1) is 10.7 Å². The Hall–Kier alpha value is -0.670. The molecule has 0 fully saturated rings. The van der Waals surface area contributed by atoms with Gasteiger partial charge in [0.25, 0.3) is 0 Å². The van der Waals surface area contributed by atoms with Crippen LogP contribution in [0.1, 0.15) is 34.0 Å². The van der Waals surface area contributed by atoms with E-state index in [1.807, 2.05) is 7.05 Å². The molecule has 0 saturated heterocycles. The van der Waals surface area contributed by atoms with Crippen LogP contribution >= 0.6 is 46.7 Å². The van der Waals surface area contributed by atoms with E-state index in [1.54, 1.807) is 22.7 Å². The van der Waals surface area contributed by atoms with E-state index in [0.29, 0.717) is 5.92 Å². The molecule has 2 heterocycles. The van der Waals surface area contributed by atoms with Crippen molar-refractivity contribution in [2.24, 2.45) is 4.99 Å². The van der Waals surface area contributed by atoms with Crippen molar-refractivity contribution in [1.82, 2.24) is 15.6 Å². The van der Waals surface area contributed by atoms with Gasteiger partial charge in [0, 0.05) is 31.4 Å². The minimum atomic E-state index is 0. The molecule has 0 aromatic carbocycles. The van der Waals surface area contributed by atoms with Crippen LogP contribution < -0.4 is 10.6 Å². The largest absolute Gasteiger partial charge is 0.356 e. The molecule has 0 radical (unpaired) electrons. The Kier molecular flexibility index (Phi) is 9.08. The highest BCUT2D eigenvalue weighted by molar-refractivity contribution is 14.0. The molecule has 0 aliphatic carbocycles. The van der Waals surface area contributed by atoms with Crippen molar-refractivity contribution in [3.05, 3.63) is 38.0 Å². The van der Waals surface area contributed by atoms with Crippen molar-refractivity contribution < 1.29 is 0 Å². The van der Waals surface area contributed by atoms with E-state index >= 15 is 0 Å². The van der Waals surface area contributed by atoms with Gasteiger partial charge in [0.15, 0.2) is 5.96 Å². The SMILES string of the molecule is CN=C(NCCc1sc(C)nc1C)NCC(C)c1ccsc1.I. The van der Waals surface area contributed by atoms with E-state index in [9.17, 15) is 0 Å². The molecular weight excluding hydrogens is 439 g/mol. The zero-order chi connectivity index (χ0) is 15.9. The Morgan fingerprint density at radius 3 is 2.70 bits per heavy atom. The molecule has 1 atom stereocenters. The van der Waals surface area contributed by atoms with Gasteiger partial charge in [-0.15, -0.1) is 35.3 Å². The fraction of sp³-hybridized carbons (Fsp3) is 0.500.